The highest BCUT2D eigenvalue weighted by Gasteiger charge is 2.34. The van der Waals surface area contributed by atoms with Gasteiger partial charge in [0.05, 0.1) is 16.1 Å². The molecule has 0 aromatic heterocycles. The summed E-state index contributed by atoms with van der Waals surface area (Å²) in [7, 11) is -2.63. The lowest BCUT2D eigenvalue weighted by molar-refractivity contribution is -0.137. The van der Waals surface area contributed by atoms with Gasteiger partial charge in [0.1, 0.15) is 6.54 Å². The number of halogens is 3. The summed E-state index contributed by atoms with van der Waals surface area (Å²) in [4.78, 5) is 14.4. The fourth-order valence-corrected chi connectivity index (χ4v) is 5.21. The van der Waals surface area contributed by atoms with E-state index < -0.39 is 34.2 Å². The Morgan fingerprint density at radius 1 is 1.00 bits per heavy atom. The van der Waals surface area contributed by atoms with Crippen LogP contribution in [0.2, 0.25) is 0 Å². The third kappa shape index (κ3) is 5.39. The molecule has 0 atom stereocenters. The molecule has 0 unspecified atom stereocenters. The molecule has 9 heteroatoms. The third-order valence-electron chi connectivity index (χ3n) is 5.59. The van der Waals surface area contributed by atoms with Gasteiger partial charge in [0.15, 0.2) is 0 Å². The van der Waals surface area contributed by atoms with Crippen LogP contribution in [0.1, 0.15) is 37.7 Å². The van der Waals surface area contributed by atoms with Crippen LogP contribution in [0.5, 0.6) is 0 Å². The number of carbonyl (C=O) groups is 1. The zero-order valence-corrected chi connectivity index (χ0v) is 18.0. The molecule has 3 rings (SSSR count). The van der Waals surface area contributed by atoms with Gasteiger partial charge < -0.3 is 4.90 Å². The zero-order valence-electron chi connectivity index (χ0n) is 17.2. The highest BCUT2D eigenvalue weighted by atomic mass is 32.2. The summed E-state index contributed by atoms with van der Waals surface area (Å²) in [5, 5.41) is 0. The predicted octanol–water partition coefficient (Wildman–Crippen LogP) is 4.69. The second kappa shape index (κ2) is 9.30. The van der Waals surface area contributed by atoms with Crippen molar-refractivity contribution < 1.29 is 26.4 Å². The Morgan fingerprint density at radius 2 is 1.65 bits per heavy atom. The fourth-order valence-electron chi connectivity index (χ4n) is 3.78. The number of anilines is 1. The topological polar surface area (TPSA) is 57.7 Å². The van der Waals surface area contributed by atoms with E-state index >= 15 is 0 Å². The minimum absolute atomic E-state index is 0.00374. The van der Waals surface area contributed by atoms with E-state index in [9.17, 15) is 26.4 Å². The number of amides is 1. The lowest BCUT2D eigenvalue weighted by atomic mass is 9.94. The summed E-state index contributed by atoms with van der Waals surface area (Å²) >= 11 is 0. The van der Waals surface area contributed by atoms with Gasteiger partial charge in [-0.25, -0.2) is 8.42 Å². The number of nitrogens with zero attached hydrogens (tertiary/aromatic N) is 2. The molecule has 2 aromatic rings. The first-order valence-corrected chi connectivity index (χ1v) is 11.6. The summed E-state index contributed by atoms with van der Waals surface area (Å²) in [5.41, 5.74) is -1.18. The first-order valence-electron chi connectivity index (χ1n) is 10.1. The molecule has 0 N–H and O–H groups in total. The van der Waals surface area contributed by atoms with Crippen molar-refractivity contribution in [3.8, 4) is 0 Å². The van der Waals surface area contributed by atoms with Crippen LogP contribution in [-0.4, -0.2) is 38.9 Å². The monoisotopic (exact) mass is 454 g/mol. The van der Waals surface area contributed by atoms with E-state index in [0.29, 0.717) is 0 Å². The molecule has 5 nitrogen and oxygen atoms in total. The van der Waals surface area contributed by atoms with E-state index in [0.717, 1.165) is 54.6 Å². The average Bonchev–Trinajstić information content (AvgIpc) is 2.77. The predicted molar refractivity (Wildman–Crippen MR) is 112 cm³/mol. The number of sulfonamides is 1. The van der Waals surface area contributed by atoms with Gasteiger partial charge in [0.25, 0.3) is 10.0 Å². The summed E-state index contributed by atoms with van der Waals surface area (Å²) < 4.78 is 67.1. The van der Waals surface area contributed by atoms with E-state index in [2.05, 4.69) is 0 Å². The molecule has 1 aliphatic carbocycles. The molecule has 31 heavy (non-hydrogen) atoms. The molecule has 0 saturated heterocycles. The molecular weight excluding hydrogens is 429 g/mol. The number of benzene rings is 2. The summed E-state index contributed by atoms with van der Waals surface area (Å²) in [6.07, 6.45) is 0.0940. The molecule has 0 heterocycles. The van der Waals surface area contributed by atoms with Crippen LogP contribution in [0.3, 0.4) is 0 Å². The van der Waals surface area contributed by atoms with Crippen molar-refractivity contribution in [1.29, 1.82) is 0 Å². The number of hydrogen-bond donors (Lipinski definition) is 0. The van der Waals surface area contributed by atoms with Gasteiger partial charge in [-0.3, -0.25) is 9.10 Å². The average molecular weight is 455 g/mol. The molecule has 2 aromatic carbocycles. The Bertz CT molecular complexity index is 1000. The van der Waals surface area contributed by atoms with Crippen LogP contribution in [0.25, 0.3) is 0 Å². The van der Waals surface area contributed by atoms with Crippen LogP contribution in [0, 0.1) is 0 Å². The van der Waals surface area contributed by atoms with Crippen molar-refractivity contribution in [2.75, 3.05) is 17.9 Å². The third-order valence-corrected chi connectivity index (χ3v) is 7.38. The minimum Gasteiger partial charge on any atom is -0.341 e. The van der Waals surface area contributed by atoms with Crippen molar-refractivity contribution in [3.63, 3.8) is 0 Å². The van der Waals surface area contributed by atoms with Crippen LogP contribution in [0.4, 0.5) is 18.9 Å². The standard InChI is InChI=1S/C22H25F3N2O3S/c1-26(18-10-4-2-5-11-18)21(28)16-27(31(29,30)20-13-6-3-7-14-20)19-12-8-9-17(15-19)22(23,24)25/h3,6-9,12-15,18H,2,4-5,10-11,16H2,1H3. The number of alkyl halides is 3. The smallest absolute Gasteiger partial charge is 0.341 e. The molecule has 1 saturated carbocycles. The van der Waals surface area contributed by atoms with E-state index in [1.54, 1.807) is 13.1 Å². The Morgan fingerprint density at radius 3 is 2.26 bits per heavy atom. The second-order valence-electron chi connectivity index (χ2n) is 7.67. The fraction of sp³-hybridized carbons (Fsp3) is 0.409. The summed E-state index contributed by atoms with van der Waals surface area (Å²) in [6, 6.07) is 11.4. The van der Waals surface area contributed by atoms with Crippen molar-refractivity contribution in [3.05, 3.63) is 60.2 Å². The van der Waals surface area contributed by atoms with Gasteiger partial charge in [-0.1, -0.05) is 43.5 Å². The number of likely N-dealkylation sites (N-methyl/N-ethyl adjacent to an activating group) is 1. The highest BCUT2D eigenvalue weighted by Crippen LogP contribution is 2.33. The molecule has 0 aliphatic heterocycles. The highest BCUT2D eigenvalue weighted by molar-refractivity contribution is 7.92. The maximum Gasteiger partial charge on any atom is 0.416 e. The van der Waals surface area contributed by atoms with E-state index in [-0.39, 0.29) is 16.6 Å². The summed E-state index contributed by atoms with van der Waals surface area (Å²) in [6.45, 7) is -0.578. The molecule has 1 amide bonds. The normalized spacial score (nSPS) is 15.5. The van der Waals surface area contributed by atoms with Gasteiger partial charge in [-0.05, 0) is 43.2 Å². The first-order chi connectivity index (χ1) is 14.6. The van der Waals surface area contributed by atoms with Crippen LogP contribution in [-0.2, 0) is 21.0 Å². The number of rotatable bonds is 6. The second-order valence-corrected chi connectivity index (χ2v) is 9.53. The van der Waals surface area contributed by atoms with E-state index in [1.165, 1.54) is 35.2 Å². The Balaban J connectivity index is 1.98. The van der Waals surface area contributed by atoms with Gasteiger partial charge >= 0.3 is 6.18 Å². The van der Waals surface area contributed by atoms with E-state index in [1.807, 2.05) is 0 Å². The SMILES string of the molecule is CN(C(=O)CN(c1cccc(C(F)(F)F)c1)S(=O)(=O)c1ccccc1)C1CCCCC1. The van der Waals surface area contributed by atoms with Gasteiger partial charge in [0.2, 0.25) is 5.91 Å². The molecule has 0 radical (unpaired) electrons. The van der Waals surface area contributed by atoms with Gasteiger partial charge in [-0.15, -0.1) is 0 Å². The molecular formula is C22H25F3N2O3S. The maximum atomic E-state index is 13.3. The first kappa shape index (κ1) is 23.1. The quantitative estimate of drug-likeness (QED) is 0.636. The van der Waals surface area contributed by atoms with Crippen LogP contribution in [0.15, 0.2) is 59.5 Å². The minimum atomic E-state index is -4.64. The van der Waals surface area contributed by atoms with Crippen molar-refractivity contribution in [2.24, 2.45) is 0 Å². The Labute approximate surface area is 180 Å². The maximum absolute atomic E-state index is 13.3. The van der Waals surface area contributed by atoms with Gasteiger partial charge in [0, 0.05) is 13.1 Å². The van der Waals surface area contributed by atoms with Crippen LogP contribution < -0.4 is 4.31 Å². The molecule has 168 valence electrons. The van der Waals surface area contributed by atoms with E-state index in [4.69, 9.17) is 0 Å². The number of hydrogen-bond acceptors (Lipinski definition) is 3. The van der Waals surface area contributed by atoms with Gasteiger partial charge in [-0.2, -0.15) is 13.2 Å². The van der Waals surface area contributed by atoms with Crippen molar-refractivity contribution in [2.45, 2.75) is 49.2 Å². The Kier molecular flexibility index (Phi) is 6.93. The van der Waals surface area contributed by atoms with Crippen molar-refractivity contribution in [1.82, 2.24) is 4.90 Å². The lowest BCUT2D eigenvalue weighted by Crippen LogP contribution is -2.46. The van der Waals surface area contributed by atoms with Crippen LogP contribution >= 0.6 is 0 Å². The molecule has 0 bridgehead atoms. The zero-order chi connectivity index (χ0) is 22.6. The molecule has 1 aliphatic rings. The molecule has 0 spiro atoms. The largest absolute Gasteiger partial charge is 0.416 e. The Hall–Kier alpha value is -2.55. The number of carbonyl (C=O) groups excluding carboxylic acids is 1. The van der Waals surface area contributed by atoms with Crippen molar-refractivity contribution >= 4 is 21.6 Å². The lowest BCUT2D eigenvalue weighted by Gasteiger charge is -2.33. The summed E-state index contributed by atoms with van der Waals surface area (Å²) in [5.74, 6) is -0.455. The molecule has 1 fully saturated rings.